The second-order valence-corrected chi connectivity index (χ2v) is 6.23. The van der Waals surface area contributed by atoms with E-state index in [0.29, 0.717) is 12.8 Å². The van der Waals surface area contributed by atoms with Crippen LogP contribution < -0.4 is 10.1 Å². The minimum absolute atomic E-state index is 0.253. The molecule has 150 valence electrons. The summed E-state index contributed by atoms with van der Waals surface area (Å²) in [5.41, 5.74) is 2.07. The lowest BCUT2D eigenvalue weighted by atomic mass is 10.1. The Kier molecular flexibility index (Phi) is 8.85. The number of amides is 1. The highest BCUT2D eigenvalue weighted by atomic mass is 16.6. The standard InChI is InChI=1S/C22H27NO5/c1-3-27-21(24)20(16-18-8-5-4-6-9-18)23-22(25)28-15-7-10-17-11-13-19(26-2)14-12-17/h4-6,8-9,11-14,20H,3,7,10,15-16H2,1-2H3,(H,23,25). The van der Waals surface area contributed by atoms with E-state index in [-0.39, 0.29) is 13.2 Å². The van der Waals surface area contributed by atoms with Gasteiger partial charge in [-0.05, 0) is 43.0 Å². The summed E-state index contributed by atoms with van der Waals surface area (Å²) in [5.74, 6) is 0.337. The molecule has 0 fully saturated rings. The number of hydrogen-bond acceptors (Lipinski definition) is 5. The molecule has 1 N–H and O–H groups in total. The molecule has 0 spiro atoms. The second kappa shape index (κ2) is 11.6. The van der Waals surface area contributed by atoms with Crippen molar-refractivity contribution < 1.29 is 23.8 Å². The Labute approximate surface area is 165 Å². The number of benzene rings is 2. The number of carbonyl (C=O) groups excluding carboxylic acids is 2. The van der Waals surface area contributed by atoms with E-state index in [0.717, 1.165) is 23.3 Å². The van der Waals surface area contributed by atoms with Crippen molar-refractivity contribution in [2.45, 2.75) is 32.2 Å². The number of esters is 1. The first-order valence-corrected chi connectivity index (χ1v) is 9.39. The lowest BCUT2D eigenvalue weighted by Crippen LogP contribution is -2.43. The van der Waals surface area contributed by atoms with Gasteiger partial charge in [-0.2, -0.15) is 0 Å². The van der Waals surface area contributed by atoms with Gasteiger partial charge in [-0.3, -0.25) is 0 Å². The van der Waals surface area contributed by atoms with E-state index in [9.17, 15) is 9.59 Å². The monoisotopic (exact) mass is 385 g/mol. The van der Waals surface area contributed by atoms with Gasteiger partial charge in [-0.1, -0.05) is 42.5 Å². The summed E-state index contributed by atoms with van der Waals surface area (Å²) in [6.45, 7) is 2.25. The van der Waals surface area contributed by atoms with E-state index in [4.69, 9.17) is 14.2 Å². The first-order valence-electron chi connectivity index (χ1n) is 9.39. The molecule has 6 heteroatoms. The van der Waals surface area contributed by atoms with Crippen LogP contribution in [0.4, 0.5) is 4.79 Å². The Morgan fingerprint density at radius 3 is 2.32 bits per heavy atom. The zero-order chi connectivity index (χ0) is 20.2. The largest absolute Gasteiger partial charge is 0.497 e. The molecular formula is C22H27NO5. The summed E-state index contributed by atoms with van der Waals surface area (Å²) in [7, 11) is 1.63. The fourth-order valence-corrected chi connectivity index (χ4v) is 2.70. The molecule has 0 bridgehead atoms. The predicted molar refractivity (Wildman–Crippen MR) is 106 cm³/mol. The third-order valence-electron chi connectivity index (χ3n) is 4.15. The number of aryl methyl sites for hydroxylation is 1. The van der Waals surface area contributed by atoms with Crippen LogP contribution in [0.2, 0.25) is 0 Å². The number of nitrogens with one attached hydrogen (secondary N) is 1. The van der Waals surface area contributed by atoms with Crippen molar-refractivity contribution >= 4 is 12.1 Å². The average molecular weight is 385 g/mol. The summed E-state index contributed by atoms with van der Waals surface area (Å²) in [6.07, 6.45) is 1.19. The van der Waals surface area contributed by atoms with E-state index >= 15 is 0 Å². The molecule has 0 aromatic heterocycles. The summed E-state index contributed by atoms with van der Waals surface area (Å²) in [4.78, 5) is 24.2. The Hall–Kier alpha value is -3.02. The van der Waals surface area contributed by atoms with Gasteiger partial charge in [0.05, 0.1) is 20.3 Å². The molecule has 6 nitrogen and oxygen atoms in total. The predicted octanol–water partition coefficient (Wildman–Crippen LogP) is 3.53. The van der Waals surface area contributed by atoms with Gasteiger partial charge < -0.3 is 19.5 Å². The van der Waals surface area contributed by atoms with Gasteiger partial charge in [0, 0.05) is 6.42 Å². The maximum Gasteiger partial charge on any atom is 0.407 e. The minimum atomic E-state index is -0.781. The number of carbonyl (C=O) groups is 2. The Morgan fingerprint density at radius 1 is 0.964 bits per heavy atom. The van der Waals surface area contributed by atoms with Gasteiger partial charge in [-0.15, -0.1) is 0 Å². The number of methoxy groups -OCH3 is 1. The normalized spacial score (nSPS) is 11.4. The van der Waals surface area contributed by atoms with Gasteiger partial charge in [0.2, 0.25) is 0 Å². The van der Waals surface area contributed by atoms with Crippen LogP contribution in [0.5, 0.6) is 5.75 Å². The molecule has 0 saturated heterocycles. The highest BCUT2D eigenvalue weighted by Crippen LogP contribution is 2.12. The molecule has 0 aliphatic heterocycles. The SMILES string of the molecule is CCOC(=O)C(Cc1ccccc1)NC(=O)OCCCc1ccc(OC)cc1. The summed E-state index contributed by atoms with van der Waals surface area (Å²) >= 11 is 0. The van der Waals surface area contributed by atoms with Gasteiger partial charge >= 0.3 is 12.1 Å². The van der Waals surface area contributed by atoms with Crippen molar-refractivity contribution in [3.05, 3.63) is 65.7 Å². The molecule has 0 saturated carbocycles. The topological polar surface area (TPSA) is 73.9 Å². The summed E-state index contributed by atoms with van der Waals surface area (Å²) in [6, 6.07) is 16.4. The molecule has 0 aliphatic rings. The van der Waals surface area contributed by atoms with E-state index in [2.05, 4.69) is 5.32 Å². The third kappa shape index (κ3) is 7.31. The maximum absolute atomic E-state index is 12.1. The highest BCUT2D eigenvalue weighted by molar-refractivity contribution is 5.81. The van der Waals surface area contributed by atoms with Crippen molar-refractivity contribution in [1.82, 2.24) is 5.32 Å². The van der Waals surface area contributed by atoms with Crippen LogP contribution in [-0.4, -0.2) is 38.4 Å². The van der Waals surface area contributed by atoms with E-state index < -0.39 is 18.1 Å². The van der Waals surface area contributed by atoms with Gasteiger partial charge in [0.15, 0.2) is 0 Å². The molecule has 1 atom stereocenters. The smallest absolute Gasteiger partial charge is 0.407 e. The van der Waals surface area contributed by atoms with Gasteiger partial charge in [-0.25, -0.2) is 9.59 Å². The minimum Gasteiger partial charge on any atom is -0.497 e. The van der Waals surface area contributed by atoms with Crippen LogP contribution in [0.1, 0.15) is 24.5 Å². The van der Waals surface area contributed by atoms with Crippen LogP contribution in [0.15, 0.2) is 54.6 Å². The van der Waals surface area contributed by atoms with Crippen LogP contribution in [0, 0.1) is 0 Å². The van der Waals surface area contributed by atoms with Crippen molar-refractivity contribution in [3.8, 4) is 5.75 Å². The Morgan fingerprint density at radius 2 is 1.68 bits per heavy atom. The molecular weight excluding hydrogens is 358 g/mol. The molecule has 28 heavy (non-hydrogen) atoms. The molecule has 1 amide bonds. The number of ether oxygens (including phenoxy) is 3. The van der Waals surface area contributed by atoms with Crippen molar-refractivity contribution in [2.75, 3.05) is 20.3 Å². The van der Waals surface area contributed by atoms with Crippen molar-refractivity contribution in [2.24, 2.45) is 0 Å². The fraction of sp³-hybridized carbons (Fsp3) is 0.364. The van der Waals surface area contributed by atoms with E-state index in [1.54, 1.807) is 14.0 Å². The number of alkyl carbamates (subject to hydrolysis) is 1. The van der Waals surface area contributed by atoms with Crippen molar-refractivity contribution in [1.29, 1.82) is 0 Å². The molecule has 0 radical (unpaired) electrons. The fourth-order valence-electron chi connectivity index (χ4n) is 2.70. The summed E-state index contributed by atoms with van der Waals surface area (Å²) in [5, 5.41) is 2.61. The molecule has 1 unspecified atom stereocenters. The average Bonchev–Trinajstić information content (AvgIpc) is 2.72. The quantitative estimate of drug-likeness (QED) is 0.500. The van der Waals surface area contributed by atoms with E-state index in [1.165, 1.54) is 0 Å². The Balaban J connectivity index is 1.78. The molecule has 2 rings (SSSR count). The first-order chi connectivity index (χ1) is 13.6. The highest BCUT2D eigenvalue weighted by Gasteiger charge is 2.23. The third-order valence-corrected chi connectivity index (χ3v) is 4.15. The maximum atomic E-state index is 12.1. The van der Waals surface area contributed by atoms with E-state index in [1.807, 2.05) is 54.6 Å². The van der Waals surface area contributed by atoms with Crippen LogP contribution in [-0.2, 0) is 27.1 Å². The van der Waals surface area contributed by atoms with Crippen LogP contribution in [0.25, 0.3) is 0 Å². The Bertz CT molecular complexity index is 730. The zero-order valence-electron chi connectivity index (χ0n) is 16.4. The van der Waals surface area contributed by atoms with Crippen molar-refractivity contribution in [3.63, 3.8) is 0 Å². The van der Waals surface area contributed by atoms with Gasteiger partial charge in [0.25, 0.3) is 0 Å². The molecule has 2 aromatic carbocycles. The second-order valence-electron chi connectivity index (χ2n) is 6.23. The molecule has 2 aromatic rings. The lowest BCUT2D eigenvalue weighted by Gasteiger charge is -2.17. The number of hydrogen-bond donors (Lipinski definition) is 1. The zero-order valence-corrected chi connectivity index (χ0v) is 16.4. The lowest BCUT2D eigenvalue weighted by molar-refractivity contribution is -0.145. The number of rotatable bonds is 10. The molecule has 0 heterocycles. The molecule has 0 aliphatic carbocycles. The van der Waals surface area contributed by atoms with Crippen LogP contribution >= 0.6 is 0 Å². The van der Waals surface area contributed by atoms with Gasteiger partial charge in [0.1, 0.15) is 11.8 Å². The summed E-state index contributed by atoms with van der Waals surface area (Å²) < 4.78 is 15.4. The first kappa shape index (κ1) is 21.3. The van der Waals surface area contributed by atoms with Crippen LogP contribution in [0.3, 0.4) is 0 Å².